The van der Waals surface area contributed by atoms with Crippen LogP contribution in [0.5, 0.6) is 5.75 Å². The molecule has 0 unspecified atom stereocenters. The van der Waals surface area contributed by atoms with E-state index in [0.29, 0.717) is 22.1 Å². The highest BCUT2D eigenvalue weighted by Gasteiger charge is 2.17. The topological polar surface area (TPSA) is 75.1 Å². The summed E-state index contributed by atoms with van der Waals surface area (Å²) in [6.45, 7) is 5.66. The highest BCUT2D eigenvalue weighted by atomic mass is 32.1. The van der Waals surface area contributed by atoms with Gasteiger partial charge in [-0.05, 0) is 61.6 Å². The Morgan fingerprint density at radius 3 is 2.61 bits per heavy atom. The molecule has 1 aromatic heterocycles. The SMILES string of the molecule is CCCCc1cccc(C(=O)Nc2nnc(-c3cc(C)c(O)c(C)c3)s2)c1F. The molecule has 5 nitrogen and oxygen atoms in total. The van der Waals surface area contributed by atoms with Gasteiger partial charge < -0.3 is 5.11 Å². The van der Waals surface area contributed by atoms with E-state index in [9.17, 15) is 14.3 Å². The zero-order chi connectivity index (χ0) is 20.3. The molecule has 0 aliphatic carbocycles. The van der Waals surface area contributed by atoms with Crippen molar-refractivity contribution in [3.63, 3.8) is 0 Å². The number of hydrogen-bond donors (Lipinski definition) is 2. The number of benzene rings is 2. The van der Waals surface area contributed by atoms with Gasteiger partial charge in [0, 0.05) is 5.56 Å². The van der Waals surface area contributed by atoms with Crippen LogP contribution < -0.4 is 5.32 Å². The summed E-state index contributed by atoms with van der Waals surface area (Å²) in [5.74, 6) is -0.778. The number of amides is 1. The summed E-state index contributed by atoms with van der Waals surface area (Å²) in [5.41, 5.74) is 2.83. The number of unbranched alkanes of at least 4 members (excludes halogenated alkanes) is 1. The molecule has 0 radical (unpaired) electrons. The first kappa shape index (κ1) is 19.9. The summed E-state index contributed by atoms with van der Waals surface area (Å²) in [4.78, 5) is 12.5. The summed E-state index contributed by atoms with van der Waals surface area (Å²) < 4.78 is 14.6. The fourth-order valence-electron chi connectivity index (χ4n) is 2.95. The molecule has 28 heavy (non-hydrogen) atoms. The van der Waals surface area contributed by atoms with Crippen LogP contribution in [0.4, 0.5) is 9.52 Å². The Labute approximate surface area is 167 Å². The summed E-state index contributed by atoms with van der Waals surface area (Å²) in [5, 5.41) is 21.5. The predicted molar refractivity (Wildman–Crippen MR) is 109 cm³/mol. The van der Waals surface area contributed by atoms with Crippen LogP contribution in [0.15, 0.2) is 30.3 Å². The second kappa shape index (κ2) is 8.48. The molecule has 0 aliphatic rings. The standard InChI is InChI=1S/C21H22FN3O2S/c1-4-5-7-14-8-6-9-16(17(14)22)19(27)23-21-25-24-20(28-21)15-10-12(2)18(26)13(3)11-15/h6,8-11,26H,4-5,7H2,1-3H3,(H,23,25,27). The molecule has 1 amide bonds. The molecule has 0 saturated carbocycles. The molecule has 7 heteroatoms. The number of rotatable bonds is 6. The van der Waals surface area contributed by atoms with Gasteiger partial charge in [-0.2, -0.15) is 0 Å². The highest BCUT2D eigenvalue weighted by Crippen LogP contribution is 2.32. The summed E-state index contributed by atoms with van der Waals surface area (Å²) in [7, 11) is 0. The number of nitrogens with one attached hydrogen (secondary N) is 1. The Morgan fingerprint density at radius 1 is 1.21 bits per heavy atom. The molecule has 0 spiro atoms. The minimum absolute atomic E-state index is 0.00155. The van der Waals surface area contributed by atoms with Crippen molar-refractivity contribution in [3.05, 3.63) is 58.4 Å². The van der Waals surface area contributed by atoms with E-state index in [1.54, 1.807) is 12.1 Å². The Kier molecular flexibility index (Phi) is 6.04. The maximum absolute atomic E-state index is 14.6. The van der Waals surface area contributed by atoms with Crippen molar-refractivity contribution in [2.45, 2.75) is 40.0 Å². The normalized spacial score (nSPS) is 10.9. The van der Waals surface area contributed by atoms with Crippen molar-refractivity contribution in [1.82, 2.24) is 10.2 Å². The Balaban J connectivity index is 1.80. The van der Waals surface area contributed by atoms with E-state index >= 15 is 0 Å². The number of anilines is 1. The fourth-order valence-corrected chi connectivity index (χ4v) is 3.68. The molecule has 146 valence electrons. The third-order valence-corrected chi connectivity index (χ3v) is 5.39. The van der Waals surface area contributed by atoms with Gasteiger partial charge in [-0.15, -0.1) is 10.2 Å². The van der Waals surface area contributed by atoms with Crippen LogP contribution in [0.25, 0.3) is 10.6 Å². The average Bonchev–Trinajstić information content (AvgIpc) is 3.13. The quantitative estimate of drug-likeness (QED) is 0.593. The molecule has 0 atom stereocenters. The first-order chi connectivity index (χ1) is 13.4. The van der Waals surface area contributed by atoms with E-state index in [-0.39, 0.29) is 11.3 Å². The second-order valence-electron chi connectivity index (χ2n) is 6.71. The van der Waals surface area contributed by atoms with Gasteiger partial charge in [-0.25, -0.2) is 4.39 Å². The Hall–Kier alpha value is -2.80. The van der Waals surface area contributed by atoms with Crippen LogP contribution in [0.1, 0.15) is 46.8 Å². The van der Waals surface area contributed by atoms with Gasteiger partial charge in [-0.1, -0.05) is 36.8 Å². The lowest BCUT2D eigenvalue weighted by atomic mass is 10.0. The zero-order valence-electron chi connectivity index (χ0n) is 16.0. The van der Waals surface area contributed by atoms with Crippen molar-refractivity contribution in [3.8, 4) is 16.3 Å². The minimum atomic E-state index is -0.545. The average molecular weight is 399 g/mol. The van der Waals surface area contributed by atoms with Gasteiger partial charge in [0.25, 0.3) is 5.91 Å². The lowest BCUT2D eigenvalue weighted by molar-refractivity contribution is 0.102. The molecule has 2 N–H and O–H groups in total. The van der Waals surface area contributed by atoms with Crippen LogP contribution in [-0.2, 0) is 6.42 Å². The van der Waals surface area contributed by atoms with E-state index in [4.69, 9.17) is 0 Å². The van der Waals surface area contributed by atoms with Crippen LogP contribution in [0, 0.1) is 19.7 Å². The molecule has 0 bridgehead atoms. The molecule has 1 heterocycles. The molecule has 2 aromatic carbocycles. The number of halogens is 1. The van der Waals surface area contributed by atoms with E-state index in [1.807, 2.05) is 32.9 Å². The van der Waals surface area contributed by atoms with Crippen LogP contribution in [0.2, 0.25) is 0 Å². The smallest absolute Gasteiger partial charge is 0.260 e. The van der Waals surface area contributed by atoms with Crippen molar-refractivity contribution in [2.75, 3.05) is 5.32 Å². The Morgan fingerprint density at radius 2 is 1.93 bits per heavy atom. The Bertz CT molecular complexity index is 994. The van der Waals surface area contributed by atoms with E-state index in [0.717, 1.165) is 29.5 Å². The van der Waals surface area contributed by atoms with Crippen LogP contribution in [0.3, 0.4) is 0 Å². The van der Waals surface area contributed by atoms with Crippen molar-refractivity contribution >= 4 is 22.4 Å². The first-order valence-corrected chi connectivity index (χ1v) is 9.95. The number of hydrogen-bond acceptors (Lipinski definition) is 5. The third kappa shape index (κ3) is 4.20. The number of carbonyl (C=O) groups excluding carboxylic acids is 1. The number of phenols is 1. The second-order valence-corrected chi connectivity index (χ2v) is 7.68. The highest BCUT2D eigenvalue weighted by molar-refractivity contribution is 7.18. The van der Waals surface area contributed by atoms with E-state index in [2.05, 4.69) is 15.5 Å². The lowest BCUT2D eigenvalue weighted by Crippen LogP contribution is -2.14. The molecule has 3 rings (SSSR count). The van der Waals surface area contributed by atoms with Gasteiger partial charge >= 0.3 is 0 Å². The van der Waals surface area contributed by atoms with E-state index in [1.165, 1.54) is 17.4 Å². The van der Waals surface area contributed by atoms with Gasteiger partial charge in [-0.3, -0.25) is 10.1 Å². The number of aromatic hydroxyl groups is 1. The lowest BCUT2D eigenvalue weighted by Gasteiger charge is -2.07. The molecular weight excluding hydrogens is 377 g/mol. The van der Waals surface area contributed by atoms with Gasteiger partial charge in [0.2, 0.25) is 5.13 Å². The van der Waals surface area contributed by atoms with Crippen molar-refractivity contribution in [2.24, 2.45) is 0 Å². The van der Waals surface area contributed by atoms with Crippen LogP contribution >= 0.6 is 11.3 Å². The van der Waals surface area contributed by atoms with Gasteiger partial charge in [0.1, 0.15) is 16.6 Å². The number of nitrogens with zero attached hydrogens (tertiary/aromatic N) is 2. The fraction of sp³-hybridized carbons (Fsp3) is 0.286. The maximum atomic E-state index is 14.6. The number of aromatic nitrogens is 2. The number of carbonyl (C=O) groups is 1. The zero-order valence-corrected chi connectivity index (χ0v) is 16.9. The van der Waals surface area contributed by atoms with Gasteiger partial charge in [0.15, 0.2) is 0 Å². The van der Waals surface area contributed by atoms with Crippen molar-refractivity contribution < 1.29 is 14.3 Å². The summed E-state index contributed by atoms with van der Waals surface area (Å²) >= 11 is 1.20. The summed E-state index contributed by atoms with van der Waals surface area (Å²) in [6.07, 6.45) is 2.43. The van der Waals surface area contributed by atoms with Crippen molar-refractivity contribution in [1.29, 1.82) is 0 Å². The third-order valence-electron chi connectivity index (χ3n) is 4.51. The van der Waals surface area contributed by atoms with E-state index < -0.39 is 11.7 Å². The molecule has 0 fully saturated rings. The molecule has 3 aromatic rings. The first-order valence-electron chi connectivity index (χ1n) is 9.13. The minimum Gasteiger partial charge on any atom is -0.507 e. The molecular formula is C21H22FN3O2S. The largest absolute Gasteiger partial charge is 0.507 e. The molecule has 0 aliphatic heterocycles. The predicted octanol–water partition coefficient (Wildman–Crippen LogP) is 5.26. The number of aryl methyl sites for hydroxylation is 3. The number of phenolic OH excluding ortho intramolecular Hbond substituents is 1. The molecule has 0 saturated heterocycles. The monoisotopic (exact) mass is 399 g/mol. The summed E-state index contributed by atoms with van der Waals surface area (Å²) in [6, 6.07) is 8.49. The maximum Gasteiger partial charge on any atom is 0.260 e. The van der Waals surface area contributed by atoms with Gasteiger partial charge in [0.05, 0.1) is 5.56 Å². The van der Waals surface area contributed by atoms with Crippen LogP contribution in [-0.4, -0.2) is 21.2 Å².